The predicted molar refractivity (Wildman–Crippen MR) is 86.7 cm³/mol. The molecule has 0 saturated heterocycles. The lowest BCUT2D eigenvalue weighted by molar-refractivity contribution is -0.117. The largest absolute Gasteiger partial charge is 0.445 e. The van der Waals surface area contributed by atoms with E-state index in [0.717, 1.165) is 10.8 Å². The SMILES string of the molecule is C=CCOC(=O)N[C@@H](C)C(=O)Nc1cccc2ccccc12. The highest BCUT2D eigenvalue weighted by molar-refractivity contribution is 6.04. The van der Waals surface area contributed by atoms with Gasteiger partial charge in [-0.3, -0.25) is 4.79 Å². The van der Waals surface area contributed by atoms with Crippen LogP contribution >= 0.6 is 0 Å². The molecule has 0 fully saturated rings. The van der Waals surface area contributed by atoms with Gasteiger partial charge in [-0.15, -0.1) is 0 Å². The molecule has 2 rings (SSSR count). The standard InChI is InChI=1S/C17H18N2O3/c1-3-11-22-17(21)18-12(2)16(20)19-15-10-6-8-13-7-4-5-9-14(13)15/h3-10,12H,1,11H2,2H3,(H,18,21)(H,19,20)/t12-/m0/s1. The number of hydrogen-bond acceptors (Lipinski definition) is 3. The first-order valence-corrected chi connectivity index (χ1v) is 6.94. The molecule has 0 radical (unpaired) electrons. The van der Waals surface area contributed by atoms with E-state index in [0.29, 0.717) is 5.69 Å². The summed E-state index contributed by atoms with van der Waals surface area (Å²) in [7, 11) is 0. The number of amides is 2. The van der Waals surface area contributed by atoms with Crippen molar-refractivity contribution in [1.29, 1.82) is 0 Å². The van der Waals surface area contributed by atoms with Gasteiger partial charge in [0.1, 0.15) is 12.6 Å². The van der Waals surface area contributed by atoms with Crippen molar-refractivity contribution in [2.24, 2.45) is 0 Å². The molecule has 0 aliphatic carbocycles. The lowest BCUT2D eigenvalue weighted by atomic mass is 10.1. The Labute approximate surface area is 129 Å². The molecule has 0 aromatic heterocycles. The molecule has 0 aliphatic rings. The van der Waals surface area contributed by atoms with Crippen molar-refractivity contribution in [2.75, 3.05) is 11.9 Å². The third kappa shape index (κ3) is 3.85. The van der Waals surface area contributed by atoms with Crippen LogP contribution in [0.1, 0.15) is 6.92 Å². The van der Waals surface area contributed by atoms with Gasteiger partial charge < -0.3 is 15.4 Å². The molecule has 0 heterocycles. The number of carbonyl (C=O) groups excluding carboxylic acids is 2. The van der Waals surface area contributed by atoms with Crippen molar-refractivity contribution in [3.05, 3.63) is 55.1 Å². The van der Waals surface area contributed by atoms with Gasteiger partial charge in [0, 0.05) is 11.1 Å². The molecule has 0 bridgehead atoms. The summed E-state index contributed by atoms with van der Waals surface area (Å²) in [5.74, 6) is -0.313. The second kappa shape index (κ2) is 7.26. The van der Waals surface area contributed by atoms with Crippen molar-refractivity contribution < 1.29 is 14.3 Å². The zero-order valence-corrected chi connectivity index (χ0v) is 12.3. The Morgan fingerprint density at radius 2 is 1.95 bits per heavy atom. The number of rotatable bonds is 5. The summed E-state index contributed by atoms with van der Waals surface area (Å²) >= 11 is 0. The van der Waals surface area contributed by atoms with Gasteiger partial charge in [0.15, 0.2) is 0 Å². The molecule has 0 spiro atoms. The Balaban J connectivity index is 2.04. The fourth-order valence-electron chi connectivity index (χ4n) is 1.99. The molecule has 0 aliphatic heterocycles. The molecule has 1 atom stereocenters. The summed E-state index contributed by atoms with van der Waals surface area (Å²) in [4.78, 5) is 23.6. The highest BCUT2D eigenvalue weighted by atomic mass is 16.5. The molecule has 22 heavy (non-hydrogen) atoms. The third-order valence-corrected chi connectivity index (χ3v) is 3.11. The van der Waals surface area contributed by atoms with Crippen molar-refractivity contribution in [1.82, 2.24) is 5.32 Å². The third-order valence-electron chi connectivity index (χ3n) is 3.11. The van der Waals surface area contributed by atoms with Crippen LogP contribution in [0.3, 0.4) is 0 Å². The number of nitrogens with one attached hydrogen (secondary N) is 2. The maximum Gasteiger partial charge on any atom is 0.408 e. The van der Waals surface area contributed by atoms with E-state index in [1.165, 1.54) is 6.08 Å². The summed E-state index contributed by atoms with van der Waals surface area (Å²) in [5, 5.41) is 7.26. The minimum absolute atomic E-state index is 0.101. The number of anilines is 1. The Bertz CT molecular complexity index is 692. The van der Waals surface area contributed by atoms with Crippen molar-refractivity contribution in [3.63, 3.8) is 0 Å². The van der Waals surface area contributed by atoms with Gasteiger partial charge in [0.25, 0.3) is 0 Å². The van der Waals surface area contributed by atoms with E-state index < -0.39 is 12.1 Å². The van der Waals surface area contributed by atoms with Gasteiger partial charge in [-0.05, 0) is 18.4 Å². The monoisotopic (exact) mass is 298 g/mol. The molecule has 2 aromatic carbocycles. The first-order valence-electron chi connectivity index (χ1n) is 6.94. The first-order chi connectivity index (χ1) is 10.6. The molecule has 2 amide bonds. The summed E-state index contributed by atoms with van der Waals surface area (Å²) in [6.07, 6.45) is 0.806. The van der Waals surface area contributed by atoms with Crippen LogP contribution in [-0.4, -0.2) is 24.6 Å². The van der Waals surface area contributed by atoms with E-state index in [-0.39, 0.29) is 12.5 Å². The van der Waals surface area contributed by atoms with E-state index in [1.807, 2.05) is 42.5 Å². The Hall–Kier alpha value is -2.82. The number of hydrogen-bond donors (Lipinski definition) is 2. The maximum absolute atomic E-state index is 12.2. The zero-order chi connectivity index (χ0) is 15.9. The molecule has 0 saturated carbocycles. The summed E-state index contributed by atoms with van der Waals surface area (Å²) < 4.78 is 4.78. The van der Waals surface area contributed by atoms with Crippen LogP contribution < -0.4 is 10.6 Å². The summed E-state index contributed by atoms with van der Waals surface area (Å²) in [6, 6.07) is 12.7. The average molecular weight is 298 g/mol. The quantitative estimate of drug-likeness (QED) is 0.834. The number of alkyl carbamates (subject to hydrolysis) is 1. The van der Waals surface area contributed by atoms with Crippen LogP contribution in [0.4, 0.5) is 10.5 Å². The number of ether oxygens (including phenoxy) is 1. The summed E-state index contributed by atoms with van der Waals surface area (Å²) in [6.45, 7) is 5.14. The molecular weight excluding hydrogens is 280 g/mol. The van der Waals surface area contributed by atoms with E-state index >= 15 is 0 Å². The van der Waals surface area contributed by atoms with Crippen LogP contribution in [0.5, 0.6) is 0 Å². The predicted octanol–water partition coefficient (Wildman–Crippen LogP) is 3.08. The van der Waals surface area contributed by atoms with E-state index in [1.54, 1.807) is 6.92 Å². The first kappa shape index (κ1) is 15.6. The Morgan fingerprint density at radius 1 is 1.23 bits per heavy atom. The fourth-order valence-corrected chi connectivity index (χ4v) is 1.99. The average Bonchev–Trinajstić information content (AvgIpc) is 2.53. The van der Waals surface area contributed by atoms with Crippen LogP contribution in [0.15, 0.2) is 55.1 Å². The van der Waals surface area contributed by atoms with Gasteiger partial charge in [0.05, 0.1) is 0 Å². The Morgan fingerprint density at radius 3 is 2.73 bits per heavy atom. The molecule has 2 aromatic rings. The van der Waals surface area contributed by atoms with Gasteiger partial charge in [-0.25, -0.2) is 4.79 Å². The van der Waals surface area contributed by atoms with Crippen LogP contribution in [0.25, 0.3) is 10.8 Å². The summed E-state index contributed by atoms with van der Waals surface area (Å²) in [5.41, 5.74) is 0.705. The number of fused-ring (bicyclic) bond motifs is 1. The normalized spacial score (nSPS) is 11.5. The highest BCUT2D eigenvalue weighted by Crippen LogP contribution is 2.22. The molecule has 5 nitrogen and oxygen atoms in total. The number of benzene rings is 2. The molecule has 5 heteroatoms. The minimum atomic E-state index is -0.712. The van der Waals surface area contributed by atoms with Gasteiger partial charge >= 0.3 is 6.09 Å². The molecule has 114 valence electrons. The lowest BCUT2D eigenvalue weighted by Crippen LogP contribution is -2.41. The Kier molecular flexibility index (Phi) is 5.14. The van der Waals surface area contributed by atoms with Crippen LogP contribution in [0.2, 0.25) is 0 Å². The zero-order valence-electron chi connectivity index (χ0n) is 12.3. The topological polar surface area (TPSA) is 67.4 Å². The van der Waals surface area contributed by atoms with Gasteiger partial charge in [-0.1, -0.05) is 49.1 Å². The van der Waals surface area contributed by atoms with Gasteiger partial charge in [0.2, 0.25) is 5.91 Å². The fraction of sp³-hybridized carbons (Fsp3) is 0.176. The molecular formula is C17H18N2O3. The van der Waals surface area contributed by atoms with E-state index in [4.69, 9.17) is 4.74 Å². The maximum atomic E-state index is 12.2. The van der Waals surface area contributed by atoms with Crippen molar-refractivity contribution >= 4 is 28.5 Å². The number of carbonyl (C=O) groups is 2. The van der Waals surface area contributed by atoms with E-state index in [2.05, 4.69) is 17.2 Å². The van der Waals surface area contributed by atoms with E-state index in [9.17, 15) is 9.59 Å². The second-order valence-corrected chi connectivity index (χ2v) is 4.77. The lowest BCUT2D eigenvalue weighted by Gasteiger charge is -2.15. The molecule has 0 unspecified atom stereocenters. The molecule has 2 N–H and O–H groups in total. The van der Waals surface area contributed by atoms with Crippen molar-refractivity contribution in [2.45, 2.75) is 13.0 Å². The highest BCUT2D eigenvalue weighted by Gasteiger charge is 2.16. The smallest absolute Gasteiger partial charge is 0.408 e. The second-order valence-electron chi connectivity index (χ2n) is 4.77. The van der Waals surface area contributed by atoms with Gasteiger partial charge in [-0.2, -0.15) is 0 Å². The van der Waals surface area contributed by atoms with Crippen LogP contribution in [-0.2, 0) is 9.53 Å². The van der Waals surface area contributed by atoms with Crippen LogP contribution in [0, 0.1) is 0 Å². The minimum Gasteiger partial charge on any atom is -0.445 e. The van der Waals surface area contributed by atoms with Crippen molar-refractivity contribution in [3.8, 4) is 0 Å².